The van der Waals surface area contributed by atoms with Crippen LogP contribution in [0.5, 0.6) is 0 Å². The highest BCUT2D eigenvalue weighted by Crippen LogP contribution is 2.14. The first-order chi connectivity index (χ1) is 11.3. The molecule has 0 amide bonds. The number of hydrogen-bond donors (Lipinski definition) is 2. The van der Waals surface area contributed by atoms with Crippen LogP contribution in [-0.2, 0) is 14.8 Å². The molecule has 0 rings (SSSR count). The van der Waals surface area contributed by atoms with Gasteiger partial charge in [0.25, 0.3) is 0 Å². The quantitative estimate of drug-likeness (QED) is 0.396. The van der Waals surface area contributed by atoms with Crippen molar-refractivity contribution in [1.29, 1.82) is 0 Å². The van der Waals surface area contributed by atoms with Crippen LogP contribution < -0.4 is 4.72 Å². The Morgan fingerprint density at radius 1 is 0.875 bits per heavy atom. The van der Waals surface area contributed by atoms with Crippen LogP contribution in [0.25, 0.3) is 0 Å². The molecule has 0 saturated carbocycles. The lowest BCUT2D eigenvalue weighted by Crippen LogP contribution is -2.44. The van der Waals surface area contributed by atoms with Crippen molar-refractivity contribution >= 4 is 16.0 Å². The van der Waals surface area contributed by atoms with E-state index in [9.17, 15) is 13.2 Å². The molecule has 0 saturated heterocycles. The third-order valence-corrected chi connectivity index (χ3v) is 6.35. The van der Waals surface area contributed by atoms with Crippen molar-refractivity contribution in [3.8, 4) is 0 Å². The van der Waals surface area contributed by atoms with Gasteiger partial charge in [-0.1, -0.05) is 78.1 Å². The van der Waals surface area contributed by atoms with Gasteiger partial charge in [0.05, 0.1) is 5.25 Å². The lowest BCUT2D eigenvalue weighted by molar-refractivity contribution is -0.139. The van der Waals surface area contributed by atoms with Gasteiger partial charge in [0.15, 0.2) is 0 Å². The Bertz CT molecular complexity index is 423. The molecule has 144 valence electrons. The van der Waals surface area contributed by atoms with Gasteiger partial charge in [0, 0.05) is 0 Å². The summed E-state index contributed by atoms with van der Waals surface area (Å²) in [7, 11) is -3.57. The number of aliphatic carboxylic acids is 1. The second-order valence-electron chi connectivity index (χ2n) is 6.77. The normalized spacial score (nSPS) is 14.5. The number of carboxylic acids is 1. The number of carbonyl (C=O) groups is 1. The van der Waals surface area contributed by atoms with Crippen LogP contribution in [0, 0.1) is 0 Å². The SMILES string of the molecule is CCCCCCCCCCC(C)S(=O)(=O)NC(CCCC)C(=O)O. The number of unbranched alkanes of at least 4 members (excludes halogenated alkanes) is 8. The molecule has 2 N–H and O–H groups in total. The van der Waals surface area contributed by atoms with Crippen molar-refractivity contribution in [3.63, 3.8) is 0 Å². The smallest absolute Gasteiger partial charge is 0.321 e. The first-order valence-corrected chi connectivity index (χ1v) is 11.1. The first kappa shape index (κ1) is 23.4. The first-order valence-electron chi connectivity index (χ1n) is 9.59. The third kappa shape index (κ3) is 11.0. The minimum Gasteiger partial charge on any atom is -0.480 e. The fraction of sp³-hybridized carbons (Fsp3) is 0.944. The molecule has 2 unspecified atom stereocenters. The van der Waals surface area contributed by atoms with Gasteiger partial charge >= 0.3 is 5.97 Å². The van der Waals surface area contributed by atoms with Crippen LogP contribution in [0.2, 0.25) is 0 Å². The Morgan fingerprint density at radius 3 is 1.88 bits per heavy atom. The molecule has 0 aromatic heterocycles. The van der Waals surface area contributed by atoms with E-state index in [0.29, 0.717) is 19.3 Å². The van der Waals surface area contributed by atoms with E-state index < -0.39 is 27.3 Å². The number of hydrogen-bond acceptors (Lipinski definition) is 3. The standard InChI is InChI=1S/C18H37NO4S/c1-4-6-8-9-10-11-12-13-14-16(3)24(22,23)19-17(18(20)21)15-7-5-2/h16-17,19H,4-15H2,1-3H3,(H,20,21). The highest BCUT2D eigenvalue weighted by Gasteiger charge is 2.27. The summed E-state index contributed by atoms with van der Waals surface area (Å²) in [6.07, 6.45) is 11.9. The Morgan fingerprint density at radius 2 is 1.38 bits per heavy atom. The fourth-order valence-electron chi connectivity index (χ4n) is 2.68. The molecular formula is C18H37NO4S. The maximum absolute atomic E-state index is 12.3. The van der Waals surface area contributed by atoms with E-state index >= 15 is 0 Å². The van der Waals surface area contributed by atoms with Gasteiger partial charge in [-0.25, -0.2) is 13.1 Å². The average Bonchev–Trinajstić information content (AvgIpc) is 2.53. The van der Waals surface area contributed by atoms with E-state index in [1.807, 2.05) is 6.92 Å². The van der Waals surface area contributed by atoms with Gasteiger partial charge in [0.1, 0.15) is 6.04 Å². The molecule has 0 heterocycles. The van der Waals surface area contributed by atoms with Gasteiger partial charge in [-0.15, -0.1) is 0 Å². The average molecular weight is 364 g/mol. The molecule has 6 heteroatoms. The van der Waals surface area contributed by atoms with E-state index in [1.165, 1.54) is 32.1 Å². The largest absolute Gasteiger partial charge is 0.480 e. The molecule has 0 radical (unpaired) electrons. The second kappa shape index (κ2) is 13.6. The van der Waals surface area contributed by atoms with Gasteiger partial charge < -0.3 is 5.11 Å². The molecule has 2 atom stereocenters. The monoisotopic (exact) mass is 363 g/mol. The summed E-state index contributed by atoms with van der Waals surface area (Å²) in [5.41, 5.74) is 0. The Hall–Kier alpha value is -0.620. The van der Waals surface area contributed by atoms with E-state index in [1.54, 1.807) is 6.92 Å². The van der Waals surface area contributed by atoms with Crippen molar-refractivity contribution in [2.24, 2.45) is 0 Å². The second-order valence-corrected chi connectivity index (χ2v) is 8.90. The molecular weight excluding hydrogens is 326 g/mol. The van der Waals surface area contributed by atoms with Crippen molar-refractivity contribution in [2.75, 3.05) is 0 Å². The minimum absolute atomic E-state index is 0.343. The summed E-state index contributed by atoms with van der Waals surface area (Å²) in [6.45, 7) is 5.83. The van der Waals surface area contributed by atoms with Crippen LogP contribution in [-0.4, -0.2) is 30.8 Å². The molecule has 0 aromatic rings. The number of carboxylic acid groups (broad SMARTS) is 1. The fourth-order valence-corrected chi connectivity index (χ4v) is 4.00. The Kier molecular flexibility index (Phi) is 13.3. The molecule has 24 heavy (non-hydrogen) atoms. The number of sulfonamides is 1. The predicted molar refractivity (Wildman–Crippen MR) is 99.7 cm³/mol. The molecule has 0 aliphatic rings. The number of rotatable bonds is 16. The van der Waals surface area contributed by atoms with Crippen LogP contribution in [0.3, 0.4) is 0 Å². The highest BCUT2D eigenvalue weighted by atomic mass is 32.2. The molecule has 0 spiro atoms. The van der Waals surface area contributed by atoms with Crippen molar-refractivity contribution in [2.45, 2.75) is 109 Å². The zero-order valence-electron chi connectivity index (χ0n) is 15.7. The predicted octanol–water partition coefficient (Wildman–Crippen LogP) is 4.47. The lowest BCUT2D eigenvalue weighted by Gasteiger charge is -2.18. The van der Waals surface area contributed by atoms with E-state index in [2.05, 4.69) is 11.6 Å². The van der Waals surface area contributed by atoms with Crippen LogP contribution >= 0.6 is 0 Å². The summed E-state index contributed by atoms with van der Waals surface area (Å²) < 4.78 is 26.9. The third-order valence-electron chi connectivity index (χ3n) is 4.44. The maximum atomic E-state index is 12.3. The lowest BCUT2D eigenvalue weighted by atomic mass is 10.1. The van der Waals surface area contributed by atoms with Gasteiger partial charge in [-0.2, -0.15) is 0 Å². The summed E-state index contributed by atoms with van der Waals surface area (Å²) in [5.74, 6) is -1.09. The van der Waals surface area contributed by atoms with Crippen molar-refractivity contribution in [3.05, 3.63) is 0 Å². The summed E-state index contributed by atoms with van der Waals surface area (Å²) in [6, 6.07) is -1.00. The maximum Gasteiger partial charge on any atom is 0.321 e. The minimum atomic E-state index is -3.57. The molecule has 0 aromatic carbocycles. The van der Waals surface area contributed by atoms with E-state index in [-0.39, 0.29) is 0 Å². The van der Waals surface area contributed by atoms with Crippen LogP contribution in [0.15, 0.2) is 0 Å². The number of nitrogens with one attached hydrogen (secondary N) is 1. The molecule has 0 fully saturated rings. The Balaban J connectivity index is 4.09. The summed E-state index contributed by atoms with van der Waals surface area (Å²) in [4.78, 5) is 11.2. The molecule has 5 nitrogen and oxygen atoms in total. The summed E-state index contributed by atoms with van der Waals surface area (Å²) >= 11 is 0. The zero-order chi connectivity index (χ0) is 18.4. The highest BCUT2D eigenvalue weighted by molar-refractivity contribution is 7.90. The molecule has 0 aliphatic heterocycles. The molecule has 0 aliphatic carbocycles. The molecule has 0 bridgehead atoms. The van der Waals surface area contributed by atoms with E-state index in [4.69, 9.17) is 5.11 Å². The Labute approximate surface area is 148 Å². The van der Waals surface area contributed by atoms with Crippen LogP contribution in [0.1, 0.15) is 97.8 Å². The van der Waals surface area contributed by atoms with E-state index in [0.717, 1.165) is 25.7 Å². The van der Waals surface area contributed by atoms with Crippen LogP contribution in [0.4, 0.5) is 0 Å². The topological polar surface area (TPSA) is 83.5 Å². The summed E-state index contributed by atoms with van der Waals surface area (Å²) in [5, 5.41) is 8.61. The van der Waals surface area contributed by atoms with Gasteiger partial charge in [-0.3, -0.25) is 4.79 Å². The van der Waals surface area contributed by atoms with Gasteiger partial charge in [0.2, 0.25) is 10.0 Å². The zero-order valence-corrected chi connectivity index (χ0v) is 16.5. The van der Waals surface area contributed by atoms with Crippen molar-refractivity contribution in [1.82, 2.24) is 4.72 Å². The van der Waals surface area contributed by atoms with Crippen molar-refractivity contribution < 1.29 is 18.3 Å². The van der Waals surface area contributed by atoms with Gasteiger partial charge in [-0.05, 0) is 19.8 Å².